The molecule has 4 aromatic rings. The van der Waals surface area contributed by atoms with E-state index < -0.39 is 0 Å². The van der Waals surface area contributed by atoms with Crippen molar-refractivity contribution in [3.8, 4) is 11.5 Å². The summed E-state index contributed by atoms with van der Waals surface area (Å²) in [6.45, 7) is 4.75. The lowest BCUT2D eigenvalue weighted by Gasteiger charge is -2.36. The summed E-state index contributed by atoms with van der Waals surface area (Å²) in [6, 6.07) is 29.6. The van der Waals surface area contributed by atoms with Gasteiger partial charge in [0.05, 0.1) is 0 Å². The Morgan fingerprint density at radius 3 is 1.85 bits per heavy atom. The van der Waals surface area contributed by atoms with Gasteiger partial charge in [0.25, 0.3) is 0 Å². The highest BCUT2D eigenvalue weighted by Gasteiger charge is 2.23. The average Bonchev–Trinajstić information content (AvgIpc) is 2.88. The number of piperazine rings is 1. The van der Waals surface area contributed by atoms with Gasteiger partial charge >= 0.3 is 0 Å². The minimum absolute atomic E-state index is 0.00667. The highest BCUT2D eigenvalue weighted by molar-refractivity contribution is 5.48. The van der Waals surface area contributed by atoms with Crippen LogP contribution in [0.15, 0.2) is 97.2 Å². The van der Waals surface area contributed by atoms with Crippen LogP contribution in [0, 0.1) is 0 Å². The highest BCUT2D eigenvalue weighted by Crippen LogP contribution is 2.36. The molecule has 3 aromatic carbocycles. The molecule has 1 aromatic heterocycles. The van der Waals surface area contributed by atoms with E-state index in [0.29, 0.717) is 0 Å². The minimum Gasteiger partial charge on any atom is -0.508 e. The summed E-state index contributed by atoms with van der Waals surface area (Å²) in [6.07, 6.45) is 1.85. The molecular formula is C29H29N3O2. The first-order chi connectivity index (χ1) is 16.7. The maximum Gasteiger partial charge on any atom is 0.128 e. The van der Waals surface area contributed by atoms with Gasteiger partial charge in [-0.25, -0.2) is 4.98 Å². The SMILES string of the molecule is Oc1ccc(C(c2ccc(O)cc2)c2ccccc2CN2CCN(c3ccccn3)CC2)cc1. The zero-order valence-electron chi connectivity index (χ0n) is 19.1. The smallest absolute Gasteiger partial charge is 0.128 e. The molecule has 1 saturated heterocycles. The normalized spacial score (nSPS) is 14.4. The van der Waals surface area contributed by atoms with Crippen LogP contribution in [-0.2, 0) is 6.54 Å². The largest absolute Gasteiger partial charge is 0.508 e. The fourth-order valence-electron chi connectivity index (χ4n) is 4.76. The van der Waals surface area contributed by atoms with Crippen LogP contribution in [0.4, 0.5) is 5.82 Å². The molecule has 0 aliphatic carbocycles. The molecule has 0 atom stereocenters. The van der Waals surface area contributed by atoms with E-state index in [0.717, 1.165) is 49.7 Å². The predicted octanol–water partition coefficient (Wildman–Crippen LogP) is 5.00. The molecule has 0 radical (unpaired) electrons. The molecule has 5 heteroatoms. The third-order valence-electron chi connectivity index (χ3n) is 6.56. The van der Waals surface area contributed by atoms with E-state index in [2.05, 4.69) is 45.1 Å². The van der Waals surface area contributed by atoms with Crippen molar-refractivity contribution in [2.45, 2.75) is 12.5 Å². The standard InChI is InChI=1S/C29H29N3O2/c33-25-12-8-22(9-13-25)29(23-10-14-26(34)15-11-23)27-6-2-1-5-24(27)21-31-17-19-32(20-18-31)28-7-3-4-16-30-28/h1-16,29,33-34H,17-21H2. The predicted molar refractivity (Wildman–Crippen MR) is 135 cm³/mol. The van der Waals surface area contributed by atoms with E-state index >= 15 is 0 Å². The molecule has 0 saturated carbocycles. The number of rotatable bonds is 6. The molecular weight excluding hydrogens is 422 g/mol. The summed E-state index contributed by atoms with van der Waals surface area (Å²) in [5, 5.41) is 19.7. The van der Waals surface area contributed by atoms with Crippen molar-refractivity contribution >= 4 is 5.82 Å². The Balaban J connectivity index is 1.41. The van der Waals surface area contributed by atoms with Gasteiger partial charge in [0.2, 0.25) is 0 Å². The lowest BCUT2D eigenvalue weighted by molar-refractivity contribution is 0.248. The molecule has 1 aliphatic rings. The first kappa shape index (κ1) is 22.0. The summed E-state index contributed by atoms with van der Waals surface area (Å²) in [5.41, 5.74) is 4.75. The second-order valence-corrected chi connectivity index (χ2v) is 8.77. The summed E-state index contributed by atoms with van der Waals surface area (Å²) in [7, 11) is 0. The zero-order chi connectivity index (χ0) is 23.3. The van der Waals surface area contributed by atoms with Gasteiger partial charge in [0.1, 0.15) is 17.3 Å². The number of nitrogens with zero attached hydrogens (tertiary/aromatic N) is 3. The number of aromatic hydroxyl groups is 2. The molecule has 5 rings (SSSR count). The molecule has 34 heavy (non-hydrogen) atoms. The number of phenols is 2. The number of phenolic OH excluding ortho intramolecular Hbond substituents is 2. The van der Waals surface area contributed by atoms with Gasteiger partial charge < -0.3 is 15.1 Å². The van der Waals surface area contributed by atoms with Crippen LogP contribution >= 0.6 is 0 Å². The van der Waals surface area contributed by atoms with Crippen LogP contribution in [0.5, 0.6) is 11.5 Å². The van der Waals surface area contributed by atoms with E-state index in [9.17, 15) is 10.2 Å². The fraction of sp³-hybridized carbons (Fsp3) is 0.207. The van der Waals surface area contributed by atoms with Gasteiger partial charge in [-0.3, -0.25) is 4.90 Å². The summed E-state index contributed by atoms with van der Waals surface area (Å²) in [5.74, 6) is 1.56. The Labute approximate surface area is 200 Å². The maximum atomic E-state index is 9.84. The highest BCUT2D eigenvalue weighted by atomic mass is 16.3. The quantitative estimate of drug-likeness (QED) is 0.404. The van der Waals surface area contributed by atoms with Gasteiger partial charge in [-0.15, -0.1) is 0 Å². The van der Waals surface area contributed by atoms with Crippen LogP contribution in [0.3, 0.4) is 0 Å². The fourth-order valence-corrected chi connectivity index (χ4v) is 4.76. The van der Waals surface area contributed by atoms with E-state index in [4.69, 9.17) is 0 Å². The molecule has 0 bridgehead atoms. The molecule has 172 valence electrons. The van der Waals surface area contributed by atoms with Crippen molar-refractivity contribution < 1.29 is 10.2 Å². The first-order valence-corrected chi connectivity index (χ1v) is 11.7. The minimum atomic E-state index is 0.00667. The van der Waals surface area contributed by atoms with E-state index in [1.807, 2.05) is 42.6 Å². The number of pyridine rings is 1. The number of hydrogen-bond donors (Lipinski definition) is 2. The Morgan fingerprint density at radius 1 is 0.676 bits per heavy atom. The lowest BCUT2D eigenvalue weighted by atomic mass is 9.82. The summed E-state index contributed by atoms with van der Waals surface area (Å²) in [4.78, 5) is 9.35. The molecule has 0 unspecified atom stereocenters. The van der Waals surface area contributed by atoms with Crippen molar-refractivity contribution in [3.63, 3.8) is 0 Å². The van der Waals surface area contributed by atoms with Crippen LogP contribution in [0.2, 0.25) is 0 Å². The Morgan fingerprint density at radius 2 is 1.26 bits per heavy atom. The second-order valence-electron chi connectivity index (χ2n) is 8.77. The topological polar surface area (TPSA) is 59.8 Å². The van der Waals surface area contributed by atoms with Crippen LogP contribution in [0.1, 0.15) is 28.2 Å². The van der Waals surface area contributed by atoms with Crippen molar-refractivity contribution in [1.82, 2.24) is 9.88 Å². The van der Waals surface area contributed by atoms with Crippen LogP contribution in [-0.4, -0.2) is 46.3 Å². The Hall–Kier alpha value is -3.83. The van der Waals surface area contributed by atoms with Crippen molar-refractivity contribution in [2.24, 2.45) is 0 Å². The van der Waals surface area contributed by atoms with Crippen molar-refractivity contribution in [3.05, 3.63) is 119 Å². The van der Waals surface area contributed by atoms with Gasteiger partial charge in [-0.2, -0.15) is 0 Å². The molecule has 0 spiro atoms. The zero-order valence-corrected chi connectivity index (χ0v) is 19.1. The molecule has 1 aliphatic heterocycles. The van der Waals surface area contributed by atoms with Gasteiger partial charge in [0.15, 0.2) is 0 Å². The second kappa shape index (κ2) is 9.98. The maximum absolute atomic E-state index is 9.84. The van der Waals surface area contributed by atoms with E-state index in [-0.39, 0.29) is 17.4 Å². The first-order valence-electron chi connectivity index (χ1n) is 11.7. The Kier molecular flexibility index (Phi) is 6.45. The van der Waals surface area contributed by atoms with E-state index in [1.54, 1.807) is 24.3 Å². The third kappa shape index (κ3) is 4.90. The average molecular weight is 452 g/mol. The van der Waals surface area contributed by atoms with Crippen LogP contribution in [0.25, 0.3) is 0 Å². The lowest BCUT2D eigenvalue weighted by Crippen LogP contribution is -2.46. The Bertz CT molecular complexity index is 1160. The van der Waals surface area contributed by atoms with Gasteiger partial charge in [0, 0.05) is 44.8 Å². The van der Waals surface area contributed by atoms with Crippen LogP contribution < -0.4 is 4.90 Å². The molecule has 5 nitrogen and oxygen atoms in total. The number of anilines is 1. The summed E-state index contributed by atoms with van der Waals surface area (Å²) < 4.78 is 0. The van der Waals surface area contributed by atoms with Crippen molar-refractivity contribution in [2.75, 3.05) is 31.1 Å². The molecule has 1 fully saturated rings. The number of aromatic nitrogens is 1. The monoisotopic (exact) mass is 451 g/mol. The number of hydrogen-bond acceptors (Lipinski definition) is 5. The van der Waals surface area contributed by atoms with Crippen molar-refractivity contribution in [1.29, 1.82) is 0 Å². The van der Waals surface area contributed by atoms with E-state index in [1.165, 1.54) is 11.1 Å². The summed E-state index contributed by atoms with van der Waals surface area (Å²) >= 11 is 0. The number of benzene rings is 3. The van der Waals surface area contributed by atoms with Gasteiger partial charge in [-0.1, -0.05) is 54.6 Å². The molecule has 2 heterocycles. The molecule has 2 N–H and O–H groups in total. The van der Waals surface area contributed by atoms with Gasteiger partial charge in [-0.05, 0) is 58.7 Å². The molecule has 0 amide bonds. The third-order valence-corrected chi connectivity index (χ3v) is 6.56.